The number of aryl methyl sites for hydroxylation is 1. The lowest BCUT2D eigenvalue weighted by atomic mass is 10.0. The Hall–Kier alpha value is -3.15. The molecule has 3 rings (SSSR count). The second-order valence-electron chi connectivity index (χ2n) is 7.66. The first-order valence-corrected chi connectivity index (χ1v) is 10.3. The highest BCUT2D eigenvalue weighted by Crippen LogP contribution is 2.21. The van der Waals surface area contributed by atoms with Gasteiger partial charge in [-0.3, -0.25) is 9.59 Å². The summed E-state index contributed by atoms with van der Waals surface area (Å²) in [5.41, 5.74) is 3.12. The first-order chi connectivity index (χ1) is 14.5. The summed E-state index contributed by atoms with van der Waals surface area (Å²) in [4.78, 5) is 39.4. The molecule has 2 aromatic rings. The van der Waals surface area contributed by atoms with Crippen molar-refractivity contribution in [3.05, 3.63) is 71.3 Å². The molecular weight excluding hydrogens is 380 g/mol. The van der Waals surface area contributed by atoms with E-state index in [1.807, 2.05) is 61.5 Å². The van der Waals surface area contributed by atoms with Gasteiger partial charge in [0.1, 0.15) is 6.04 Å². The van der Waals surface area contributed by atoms with E-state index >= 15 is 0 Å². The Labute approximate surface area is 177 Å². The number of esters is 1. The van der Waals surface area contributed by atoms with Gasteiger partial charge in [0.25, 0.3) is 0 Å². The van der Waals surface area contributed by atoms with Gasteiger partial charge in [-0.25, -0.2) is 4.79 Å². The van der Waals surface area contributed by atoms with E-state index in [9.17, 15) is 14.4 Å². The Morgan fingerprint density at radius 1 is 1.10 bits per heavy atom. The van der Waals surface area contributed by atoms with E-state index in [-0.39, 0.29) is 24.8 Å². The molecule has 0 spiro atoms. The summed E-state index contributed by atoms with van der Waals surface area (Å²) in [7, 11) is 0. The smallest absolute Gasteiger partial charge is 0.328 e. The molecule has 6 heteroatoms. The Morgan fingerprint density at radius 2 is 1.80 bits per heavy atom. The molecule has 0 aromatic heterocycles. The van der Waals surface area contributed by atoms with Crippen molar-refractivity contribution in [2.24, 2.45) is 5.92 Å². The number of hydrogen-bond donors (Lipinski definition) is 1. The second-order valence-corrected chi connectivity index (χ2v) is 7.66. The molecule has 0 aliphatic carbocycles. The number of nitrogens with zero attached hydrogens (tertiary/aromatic N) is 1. The van der Waals surface area contributed by atoms with Crippen LogP contribution < -0.4 is 5.32 Å². The fraction of sp³-hybridized carbons (Fsp3) is 0.375. The zero-order valence-electron chi connectivity index (χ0n) is 17.5. The molecule has 2 atom stereocenters. The molecule has 1 saturated heterocycles. The average molecular weight is 408 g/mol. The van der Waals surface area contributed by atoms with E-state index in [1.165, 1.54) is 0 Å². The lowest BCUT2D eigenvalue weighted by Crippen LogP contribution is -2.46. The normalized spacial score (nSPS) is 16.9. The number of amides is 2. The van der Waals surface area contributed by atoms with Gasteiger partial charge in [-0.1, -0.05) is 60.2 Å². The summed E-state index contributed by atoms with van der Waals surface area (Å²) < 4.78 is 5.14. The van der Waals surface area contributed by atoms with Crippen LogP contribution in [-0.4, -0.2) is 41.9 Å². The van der Waals surface area contributed by atoms with Gasteiger partial charge in [-0.05, 0) is 25.0 Å². The van der Waals surface area contributed by atoms with Crippen LogP contribution in [0.3, 0.4) is 0 Å². The van der Waals surface area contributed by atoms with Crippen LogP contribution in [0.25, 0.3) is 0 Å². The molecule has 158 valence electrons. The van der Waals surface area contributed by atoms with Gasteiger partial charge in [0.15, 0.2) is 0 Å². The number of nitrogens with one attached hydrogen (secondary N) is 1. The molecule has 2 amide bonds. The lowest BCUT2D eigenvalue weighted by Gasteiger charge is -2.20. The number of carbonyl (C=O) groups excluding carboxylic acids is 3. The highest BCUT2D eigenvalue weighted by Gasteiger charge is 2.36. The number of hydrogen-bond acceptors (Lipinski definition) is 4. The minimum Gasteiger partial charge on any atom is -0.464 e. The Morgan fingerprint density at radius 3 is 2.47 bits per heavy atom. The summed E-state index contributed by atoms with van der Waals surface area (Å²) in [6.45, 7) is 4.82. The molecule has 6 nitrogen and oxygen atoms in total. The maximum Gasteiger partial charge on any atom is 0.328 e. The SMILES string of the molecule is CCOC(=O)C(Cc1ccccc1)NC(=O)C1CC(=O)N(Cc2ccc(C)cc2)C1. The third-order valence-corrected chi connectivity index (χ3v) is 5.25. The van der Waals surface area contributed by atoms with Crippen molar-refractivity contribution in [2.45, 2.75) is 39.3 Å². The van der Waals surface area contributed by atoms with E-state index in [4.69, 9.17) is 4.74 Å². The third kappa shape index (κ3) is 5.69. The molecule has 1 N–H and O–H groups in total. The van der Waals surface area contributed by atoms with Gasteiger partial charge in [-0.15, -0.1) is 0 Å². The van der Waals surface area contributed by atoms with Crippen LogP contribution in [0.4, 0.5) is 0 Å². The summed E-state index contributed by atoms with van der Waals surface area (Å²) in [6.07, 6.45) is 0.498. The van der Waals surface area contributed by atoms with Crippen LogP contribution in [-0.2, 0) is 32.1 Å². The minimum absolute atomic E-state index is 0.0496. The topological polar surface area (TPSA) is 75.7 Å². The van der Waals surface area contributed by atoms with Crippen molar-refractivity contribution in [2.75, 3.05) is 13.2 Å². The van der Waals surface area contributed by atoms with Gasteiger partial charge in [0.2, 0.25) is 11.8 Å². The standard InChI is InChI=1S/C24H28N2O4/c1-3-30-24(29)21(13-18-7-5-4-6-8-18)25-23(28)20-14-22(27)26(16-20)15-19-11-9-17(2)10-12-19/h4-12,20-21H,3,13-16H2,1-2H3,(H,25,28). The predicted octanol–water partition coefficient (Wildman–Crippen LogP) is 2.63. The molecule has 1 aliphatic rings. The monoisotopic (exact) mass is 408 g/mol. The summed E-state index contributed by atoms with van der Waals surface area (Å²) >= 11 is 0. The van der Waals surface area contributed by atoms with E-state index in [0.29, 0.717) is 19.5 Å². The quantitative estimate of drug-likeness (QED) is 0.682. The predicted molar refractivity (Wildman–Crippen MR) is 113 cm³/mol. The van der Waals surface area contributed by atoms with Crippen LogP contribution in [0.5, 0.6) is 0 Å². The van der Waals surface area contributed by atoms with Crippen LogP contribution >= 0.6 is 0 Å². The average Bonchev–Trinajstić information content (AvgIpc) is 3.10. The molecule has 2 aromatic carbocycles. The molecule has 0 bridgehead atoms. The summed E-state index contributed by atoms with van der Waals surface area (Å²) in [6, 6.07) is 16.7. The van der Waals surface area contributed by atoms with Crippen LogP contribution in [0.15, 0.2) is 54.6 Å². The largest absolute Gasteiger partial charge is 0.464 e. The Balaban J connectivity index is 1.62. The number of carbonyl (C=O) groups is 3. The second kappa shape index (κ2) is 10.1. The van der Waals surface area contributed by atoms with Gasteiger partial charge in [0.05, 0.1) is 12.5 Å². The van der Waals surface area contributed by atoms with Crippen LogP contribution in [0.2, 0.25) is 0 Å². The molecular formula is C24H28N2O4. The van der Waals surface area contributed by atoms with E-state index in [0.717, 1.165) is 16.7 Å². The maximum atomic E-state index is 12.8. The first-order valence-electron chi connectivity index (χ1n) is 10.3. The molecule has 1 fully saturated rings. The van der Waals surface area contributed by atoms with Gasteiger partial charge in [0, 0.05) is 25.9 Å². The summed E-state index contributed by atoms with van der Waals surface area (Å²) in [5.74, 6) is -1.28. The molecule has 30 heavy (non-hydrogen) atoms. The molecule has 0 radical (unpaired) electrons. The van der Waals surface area contributed by atoms with Crippen molar-refractivity contribution in [1.29, 1.82) is 0 Å². The Kier molecular flexibility index (Phi) is 7.22. The fourth-order valence-corrected chi connectivity index (χ4v) is 3.59. The van der Waals surface area contributed by atoms with Crippen molar-refractivity contribution < 1.29 is 19.1 Å². The van der Waals surface area contributed by atoms with Gasteiger partial charge >= 0.3 is 5.97 Å². The van der Waals surface area contributed by atoms with Crippen molar-refractivity contribution >= 4 is 17.8 Å². The third-order valence-electron chi connectivity index (χ3n) is 5.25. The highest BCUT2D eigenvalue weighted by atomic mass is 16.5. The molecule has 0 saturated carbocycles. The van der Waals surface area contributed by atoms with Crippen LogP contribution in [0, 0.1) is 12.8 Å². The summed E-state index contributed by atoms with van der Waals surface area (Å²) in [5, 5.41) is 2.81. The number of benzene rings is 2. The highest BCUT2D eigenvalue weighted by molar-refractivity contribution is 5.91. The maximum absolute atomic E-state index is 12.8. The zero-order valence-corrected chi connectivity index (χ0v) is 17.5. The lowest BCUT2D eigenvalue weighted by molar-refractivity contribution is -0.147. The number of ether oxygens (including phenoxy) is 1. The molecule has 1 aliphatic heterocycles. The zero-order chi connectivity index (χ0) is 21.5. The molecule has 2 unspecified atom stereocenters. The van der Waals surface area contributed by atoms with E-state index in [2.05, 4.69) is 5.32 Å². The fourth-order valence-electron chi connectivity index (χ4n) is 3.59. The number of rotatable bonds is 8. The van der Waals surface area contributed by atoms with Crippen LogP contribution in [0.1, 0.15) is 30.0 Å². The minimum atomic E-state index is -0.777. The van der Waals surface area contributed by atoms with E-state index < -0.39 is 17.9 Å². The van der Waals surface area contributed by atoms with Crippen molar-refractivity contribution in [3.8, 4) is 0 Å². The van der Waals surface area contributed by atoms with Gasteiger partial charge in [-0.2, -0.15) is 0 Å². The Bertz CT molecular complexity index is 880. The van der Waals surface area contributed by atoms with Gasteiger partial charge < -0.3 is 15.0 Å². The van der Waals surface area contributed by atoms with Crippen molar-refractivity contribution in [1.82, 2.24) is 10.2 Å². The van der Waals surface area contributed by atoms with E-state index in [1.54, 1.807) is 11.8 Å². The van der Waals surface area contributed by atoms with Crippen molar-refractivity contribution in [3.63, 3.8) is 0 Å². The first kappa shape index (κ1) is 21.6. The number of likely N-dealkylation sites (tertiary alicyclic amines) is 1. The molecule has 1 heterocycles.